The minimum Gasteiger partial charge on any atom is -0.357 e. The molecule has 0 bridgehead atoms. The van der Waals surface area contributed by atoms with Gasteiger partial charge in [0.05, 0.1) is 0 Å². The molecule has 0 aromatic heterocycles. The van der Waals surface area contributed by atoms with Crippen molar-refractivity contribution in [3.63, 3.8) is 0 Å². The van der Waals surface area contributed by atoms with E-state index >= 15 is 0 Å². The molecule has 2 N–H and O–H groups in total. The van der Waals surface area contributed by atoms with Gasteiger partial charge in [-0.2, -0.15) is 0 Å². The Hall–Kier alpha value is -1.88. The van der Waals surface area contributed by atoms with E-state index in [1.165, 1.54) is 32.1 Å². The molecule has 2 amide bonds. The van der Waals surface area contributed by atoms with Crippen molar-refractivity contribution in [1.29, 1.82) is 0 Å². The number of hydrogen-bond acceptors (Lipinski definition) is 3. The SMILES string of the molecule is CNC(=O)C(NC(=O)CCN1CCCCCCC1)c1ccccc1. The molecule has 0 saturated carbocycles. The van der Waals surface area contributed by atoms with Crippen molar-refractivity contribution in [1.82, 2.24) is 15.5 Å². The lowest BCUT2D eigenvalue weighted by Crippen LogP contribution is -2.40. The molecule has 1 fully saturated rings. The first-order valence-corrected chi connectivity index (χ1v) is 8.99. The number of carbonyl (C=O) groups excluding carboxylic acids is 2. The van der Waals surface area contributed by atoms with Crippen molar-refractivity contribution in [2.45, 2.75) is 44.6 Å². The third kappa shape index (κ3) is 5.96. The highest BCUT2D eigenvalue weighted by atomic mass is 16.2. The number of rotatable bonds is 6. The van der Waals surface area contributed by atoms with E-state index in [0.29, 0.717) is 6.42 Å². The first kappa shape index (κ1) is 18.5. The zero-order chi connectivity index (χ0) is 17.2. The molecular weight excluding hydrogens is 302 g/mol. The lowest BCUT2D eigenvalue weighted by Gasteiger charge is -2.24. The maximum Gasteiger partial charge on any atom is 0.246 e. The highest BCUT2D eigenvalue weighted by Crippen LogP contribution is 2.14. The molecule has 1 unspecified atom stereocenters. The Morgan fingerprint density at radius 3 is 2.29 bits per heavy atom. The summed E-state index contributed by atoms with van der Waals surface area (Å²) in [7, 11) is 1.59. The second-order valence-electron chi connectivity index (χ2n) is 6.38. The number of nitrogens with one attached hydrogen (secondary N) is 2. The number of likely N-dealkylation sites (N-methyl/N-ethyl adjacent to an activating group) is 1. The summed E-state index contributed by atoms with van der Waals surface area (Å²) in [5.74, 6) is -0.268. The second-order valence-corrected chi connectivity index (χ2v) is 6.38. The van der Waals surface area contributed by atoms with Crippen LogP contribution in [0.5, 0.6) is 0 Å². The number of likely N-dealkylation sites (tertiary alicyclic amines) is 1. The molecule has 1 aliphatic heterocycles. The van der Waals surface area contributed by atoms with E-state index < -0.39 is 6.04 Å². The van der Waals surface area contributed by atoms with Gasteiger partial charge in [0.15, 0.2) is 0 Å². The number of carbonyl (C=O) groups is 2. The quantitative estimate of drug-likeness (QED) is 0.840. The van der Waals surface area contributed by atoms with Crippen LogP contribution >= 0.6 is 0 Å². The highest BCUT2D eigenvalue weighted by Gasteiger charge is 2.21. The maximum absolute atomic E-state index is 12.3. The van der Waals surface area contributed by atoms with Crippen molar-refractivity contribution >= 4 is 11.8 Å². The zero-order valence-electron chi connectivity index (χ0n) is 14.6. The Balaban J connectivity index is 1.87. The fourth-order valence-electron chi connectivity index (χ4n) is 3.12. The summed E-state index contributed by atoms with van der Waals surface area (Å²) in [6, 6.07) is 8.73. The van der Waals surface area contributed by atoms with Crippen molar-refractivity contribution in [2.75, 3.05) is 26.7 Å². The van der Waals surface area contributed by atoms with Gasteiger partial charge in [0.1, 0.15) is 6.04 Å². The van der Waals surface area contributed by atoms with Crippen molar-refractivity contribution in [2.24, 2.45) is 0 Å². The molecular formula is C19H29N3O2. The topological polar surface area (TPSA) is 61.4 Å². The van der Waals surface area contributed by atoms with E-state index in [1.54, 1.807) is 7.05 Å². The molecule has 0 spiro atoms. The first-order chi connectivity index (χ1) is 11.7. The lowest BCUT2D eigenvalue weighted by atomic mass is 10.1. The van der Waals surface area contributed by atoms with E-state index in [4.69, 9.17) is 0 Å². The van der Waals surface area contributed by atoms with Crippen LogP contribution in [0, 0.1) is 0 Å². The number of amides is 2. The van der Waals surface area contributed by atoms with Crippen LogP contribution in [-0.4, -0.2) is 43.4 Å². The first-order valence-electron chi connectivity index (χ1n) is 8.99. The van der Waals surface area contributed by atoms with Crippen molar-refractivity contribution in [3.05, 3.63) is 35.9 Å². The van der Waals surface area contributed by atoms with Crippen LogP contribution in [0.2, 0.25) is 0 Å². The molecule has 5 heteroatoms. The number of hydrogen-bond donors (Lipinski definition) is 2. The van der Waals surface area contributed by atoms with Crippen LogP contribution in [0.4, 0.5) is 0 Å². The second kappa shape index (κ2) is 10.1. The van der Waals surface area contributed by atoms with Crippen LogP contribution in [-0.2, 0) is 9.59 Å². The van der Waals surface area contributed by atoms with Gasteiger partial charge in [0.2, 0.25) is 11.8 Å². The van der Waals surface area contributed by atoms with Crippen LogP contribution in [0.3, 0.4) is 0 Å². The van der Waals surface area contributed by atoms with Gasteiger partial charge in [-0.3, -0.25) is 9.59 Å². The van der Waals surface area contributed by atoms with Crippen LogP contribution < -0.4 is 10.6 Å². The average molecular weight is 331 g/mol. The van der Waals surface area contributed by atoms with E-state index in [0.717, 1.165) is 25.2 Å². The molecule has 0 aliphatic carbocycles. The fourth-order valence-corrected chi connectivity index (χ4v) is 3.12. The molecule has 1 aromatic rings. The van der Waals surface area contributed by atoms with Gasteiger partial charge in [-0.25, -0.2) is 0 Å². The summed E-state index contributed by atoms with van der Waals surface area (Å²) >= 11 is 0. The molecule has 1 aliphatic rings. The molecule has 0 radical (unpaired) electrons. The van der Waals surface area contributed by atoms with E-state index in [1.807, 2.05) is 30.3 Å². The minimum atomic E-state index is -0.629. The molecule has 1 heterocycles. The molecule has 1 saturated heterocycles. The smallest absolute Gasteiger partial charge is 0.246 e. The fraction of sp³-hybridized carbons (Fsp3) is 0.579. The van der Waals surface area contributed by atoms with Gasteiger partial charge in [-0.05, 0) is 31.5 Å². The summed E-state index contributed by atoms with van der Waals surface area (Å²) in [5.41, 5.74) is 0.802. The van der Waals surface area contributed by atoms with Crippen molar-refractivity contribution < 1.29 is 9.59 Å². The number of nitrogens with zero attached hydrogens (tertiary/aromatic N) is 1. The highest BCUT2D eigenvalue weighted by molar-refractivity contribution is 5.88. The molecule has 1 atom stereocenters. The summed E-state index contributed by atoms with van der Waals surface area (Å²) < 4.78 is 0. The van der Waals surface area contributed by atoms with Gasteiger partial charge < -0.3 is 15.5 Å². The normalized spacial score (nSPS) is 17.4. The monoisotopic (exact) mass is 331 g/mol. The summed E-state index contributed by atoms with van der Waals surface area (Å²) in [6.07, 6.45) is 6.77. The van der Waals surface area contributed by atoms with Crippen molar-refractivity contribution in [3.8, 4) is 0 Å². The number of benzene rings is 1. The Kier molecular flexibility index (Phi) is 7.75. The Bertz CT molecular complexity index is 511. The Labute approximate surface area is 144 Å². The summed E-state index contributed by atoms with van der Waals surface area (Å²) in [5, 5.41) is 5.50. The molecule has 132 valence electrons. The zero-order valence-corrected chi connectivity index (χ0v) is 14.6. The largest absolute Gasteiger partial charge is 0.357 e. The summed E-state index contributed by atoms with van der Waals surface area (Å²) in [4.78, 5) is 26.8. The van der Waals surface area contributed by atoms with E-state index in [2.05, 4.69) is 15.5 Å². The molecule has 1 aromatic carbocycles. The van der Waals surface area contributed by atoms with Gasteiger partial charge in [-0.15, -0.1) is 0 Å². The predicted molar refractivity (Wildman–Crippen MR) is 95.5 cm³/mol. The third-order valence-corrected chi connectivity index (χ3v) is 4.55. The maximum atomic E-state index is 12.3. The van der Waals surface area contributed by atoms with Gasteiger partial charge in [0.25, 0.3) is 0 Å². The molecule has 2 rings (SSSR count). The summed E-state index contributed by atoms with van der Waals surface area (Å²) in [6.45, 7) is 2.91. The Morgan fingerprint density at radius 1 is 1.04 bits per heavy atom. The standard InChI is InChI=1S/C19H29N3O2/c1-20-19(24)18(16-10-6-5-7-11-16)21-17(23)12-15-22-13-8-3-2-4-9-14-22/h5-7,10-11,18H,2-4,8-9,12-15H2,1H3,(H,20,24)(H,21,23). The molecule has 5 nitrogen and oxygen atoms in total. The lowest BCUT2D eigenvalue weighted by molar-refractivity contribution is -0.129. The van der Waals surface area contributed by atoms with E-state index in [-0.39, 0.29) is 11.8 Å². The average Bonchev–Trinajstić information content (AvgIpc) is 2.59. The van der Waals surface area contributed by atoms with Gasteiger partial charge >= 0.3 is 0 Å². The van der Waals surface area contributed by atoms with Crippen LogP contribution in [0.1, 0.15) is 50.1 Å². The van der Waals surface area contributed by atoms with E-state index in [9.17, 15) is 9.59 Å². The van der Waals surface area contributed by atoms with Crippen LogP contribution in [0.15, 0.2) is 30.3 Å². The Morgan fingerprint density at radius 2 is 1.67 bits per heavy atom. The van der Waals surface area contributed by atoms with Crippen LogP contribution in [0.25, 0.3) is 0 Å². The minimum absolute atomic E-state index is 0.0745. The van der Waals surface area contributed by atoms with Gasteiger partial charge in [0, 0.05) is 20.0 Å². The third-order valence-electron chi connectivity index (χ3n) is 4.55. The molecule has 24 heavy (non-hydrogen) atoms. The van der Waals surface area contributed by atoms with Gasteiger partial charge in [-0.1, -0.05) is 49.6 Å². The predicted octanol–water partition coefficient (Wildman–Crippen LogP) is 2.25.